The molecule has 1 aliphatic heterocycles. The van der Waals surface area contributed by atoms with Gasteiger partial charge in [0.2, 0.25) is 0 Å². The Morgan fingerprint density at radius 3 is 2.50 bits per heavy atom. The highest BCUT2D eigenvalue weighted by Gasteiger charge is 2.18. The number of Topliss-reactive ketones (excluding diaryl/α,β-unsaturated/α-hetero) is 1. The Morgan fingerprint density at radius 2 is 1.86 bits per heavy atom. The highest BCUT2D eigenvalue weighted by atomic mass is 16.5. The Balaban J connectivity index is 1.48. The summed E-state index contributed by atoms with van der Waals surface area (Å²) in [5.74, 6) is 0.766. The summed E-state index contributed by atoms with van der Waals surface area (Å²) >= 11 is 0. The average Bonchev–Trinajstić information content (AvgIpc) is 2.68. The molecule has 2 aromatic rings. The quantitative estimate of drug-likeness (QED) is 0.585. The Kier molecular flexibility index (Phi) is 6.57. The number of carbonyl (C=O) groups excluding carboxylic acids is 1. The van der Waals surface area contributed by atoms with Crippen molar-refractivity contribution >= 4 is 17.2 Å². The van der Waals surface area contributed by atoms with Gasteiger partial charge in [0.1, 0.15) is 5.75 Å². The van der Waals surface area contributed by atoms with Crippen LogP contribution >= 0.6 is 0 Å². The number of aryl methyl sites for hydroxylation is 1. The van der Waals surface area contributed by atoms with Gasteiger partial charge in [-0.25, -0.2) is 0 Å². The molecule has 28 heavy (non-hydrogen) atoms. The lowest BCUT2D eigenvalue weighted by Gasteiger charge is -2.36. The molecule has 1 fully saturated rings. The minimum Gasteiger partial charge on any atom is -0.489 e. The highest BCUT2D eigenvalue weighted by molar-refractivity contribution is 5.97. The third-order valence-electron chi connectivity index (χ3n) is 5.09. The van der Waals surface area contributed by atoms with Crippen molar-refractivity contribution in [3.05, 3.63) is 53.6 Å². The molecule has 0 aliphatic carbocycles. The highest BCUT2D eigenvalue weighted by Crippen LogP contribution is 2.24. The molecule has 0 saturated carbocycles. The van der Waals surface area contributed by atoms with Crippen molar-refractivity contribution in [2.24, 2.45) is 0 Å². The fourth-order valence-electron chi connectivity index (χ4n) is 3.54. The van der Waals surface area contributed by atoms with Crippen LogP contribution in [-0.4, -0.2) is 49.5 Å². The SMILES string of the molecule is Cc1cccc(N2CCN(CCC(=O)c3ccc(OC(C)C)c(N)c3)CC2)c1. The zero-order chi connectivity index (χ0) is 20.1. The van der Waals surface area contributed by atoms with E-state index in [2.05, 4.69) is 41.0 Å². The Bertz CT molecular complexity index is 811. The summed E-state index contributed by atoms with van der Waals surface area (Å²) in [4.78, 5) is 17.3. The predicted octanol–water partition coefficient (Wildman–Crippen LogP) is 3.76. The van der Waals surface area contributed by atoms with Crippen LogP contribution in [0.5, 0.6) is 5.75 Å². The van der Waals surface area contributed by atoms with Gasteiger partial charge in [0.05, 0.1) is 11.8 Å². The number of hydrogen-bond donors (Lipinski definition) is 1. The number of nitrogens with zero attached hydrogens (tertiary/aromatic N) is 2. The Morgan fingerprint density at radius 1 is 1.11 bits per heavy atom. The summed E-state index contributed by atoms with van der Waals surface area (Å²) in [6.45, 7) is 10.8. The number of carbonyl (C=O) groups is 1. The first-order valence-electron chi connectivity index (χ1n) is 10.1. The maximum absolute atomic E-state index is 12.6. The first-order chi connectivity index (χ1) is 13.4. The lowest BCUT2D eigenvalue weighted by Crippen LogP contribution is -2.46. The molecule has 0 spiro atoms. The molecule has 0 aromatic heterocycles. The number of rotatable bonds is 7. The first kappa shape index (κ1) is 20.2. The molecule has 0 atom stereocenters. The van der Waals surface area contributed by atoms with Crippen LogP contribution in [0, 0.1) is 6.92 Å². The van der Waals surface area contributed by atoms with E-state index in [4.69, 9.17) is 10.5 Å². The van der Waals surface area contributed by atoms with Crippen molar-refractivity contribution in [1.29, 1.82) is 0 Å². The van der Waals surface area contributed by atoms with E-state index in [0.717, 1.165) is 32.7 Å². The van der Waals surface area contributed by atoms with E-state index in [-0.39, 0.29) is 11.9 Å². The molecule has 1 aliphatic rings. The Labute approximate surface area is 168 Å². The van der Waals surface area contributed by atoms with E-state index in [1.54, 1.807) is 12.1 Å². The van der Waals surface area contributed by atoms with Crippen molar-refractivity contribution in [3.63, 3.8) is 0 Å². The minimum absolute atomic E-state index is 0.0577. The van der Waals surface area contributed by atoms with Crippen LogP contribution in [-0.2, 0) is 0 Å². The number of piperazine rings is 1. The Hall–Kier alpha value is -2.53. The second-order valence-corrected chi connectivity index (χ2v) is 7.76. The summed E-state index contributed by atoms with van der Waals surface area (Å²) < 4.78 is 5.64. The largest absolute Gasteiger partial charge is 0.489 e. The van der Waals surface area contributed by atoms with Gasteiger partial charge in [-0.15, -0.1) is 0 Å². The van der Waals surface area contributed by atoms with E-state index in [9.17, 15) is 4.79 Å². The standard InChI is InChI=1S/C23H31N3O2/c1-17(2)28-23-8-7-19(16-21(23)24)22(27)9-10-25-11-13-26(14-12-25)20-6-4-5-18(3)15-20/h4-8,15-17H,9-14,24H2,1-3H3. The van der Waals surface area contributed by atoms with Gasteiger partial charge in [-0.2, -0.15) is 0 Å². The van der Waals surface area contributed by atoms with Gasteiger partial charge in [0.15, 0.2) is 5.78 Å². The monoisotopic (exact) mass is 381 g/mol. The zero-order valence-electron chi connectivity index (χ0n) is 17.1. The van der Waals surface area contributed by atoms with Crippen molar-refractivity contribution in [1.82, 2.24) is 4.90 Å². The number of nitrogens with two attached hydrogens (primary N) is 1. The topological polar surface area (TPSA) is 58.8 Å². The molecular weight excluding hydrogens is 350 g/mol. The third-order valence-corrected chi connectivity index (χ3v) is 5.09. The second kappa shape index (κ2) is 9.11. The molecule has 3 rings (SSSR count). The fraction of sp³-hybridized carbons (Fsp3) is 0.435. The molecule has 2 N–H and O–H groups in total. The summed E-state index contributed by atoms with van der Waals surface area (Å²) in [6.07, 6.45) is 0.566. The molecule has 0 radical (unpaired) electrons. The van der Waals surface area contributed by atoms with Crippen LogP contribution in [0.1, 0.15) is 36.2 Å². The maximum atomic E-state index is 12.6. The van der Waals surface area contributed by atoms with Gasteiger partial charge in [-0.1, -0.05) is 12.1 Å². The zero-order valence-corrected chi connectivity index (χ0v) is 17.1. The molecule has 1 heterocycles. The number of ketones is 1. The van der Waals surface area contributed by atoms with Gasteiger partial charge >= 0.3 is 0 Å². The van der Waals surface area contributed by atoms with Gasteiger partial charge in [0, 0.05) is 50.4 Å². The summed E-state index contributed by atoms with van der Waals surface area (Å²) in [7, 11) is 0. The normalized spacial score (nSPS) is 15.1. The van der Waals surface area contributed by atoms with Gasteiger partial charge in [-0.3, -0.25) is 9.69 Å². The molecule has 1 saturated heterocycles. The number of anilines is 2. The van der Waals surface area contributed by atoms with E-state index in [1.165, 1.54) is 11.3 Å². The van der Waals surface area contributed by atoms with E-state index >= 15 is 0 Å². The molecule has 2 aromatic carbocycles. The summed E-state index contributed by atoms with van der Waals surface area (Å²) in [5, 5.41) is 0. The van der Waals surface area contributed by atoms with Gasteiger partial charge in [-0.05, 0) is 56.7 Å². The maximum Gasteiger partial charge on any atom is 0.164 e. The van der Waals surface area contributed by atoms with Crippen molar-refractivity contribution in [3.8, 4) is 5.75 Å². The summed E-state index contributed by atoms with van der Waals surface area (Å²) in [6, 6.07) is 14.0. The first-order valence-corrected chi connectivity index (χ1v) is 10.1. The van der Waals surface area contributed by atoms with Crippen molar-refractivity contribution < 1.29 is 9.53 Å². The molecular formula is C23H31N3O2. The number of nitrogen functional groups attached to an aromatic ring is 1. The minimum atomic E-state index is 0.0577. The predicted molar refractivity (Wildman–Crippen MR) is 115 cm³/mol. The molecule has 5 nitrogen and oxygen atoms in total. The number of hydrogen-bond acceptors (Lipinski definition) is 5. The molecule has 150 valence electrons. The van der Waals surface area contributed by atoms with Crippen LogP contribution in [0.25, 0.3) is 0 Å². The second-order valence-electron chi connectivity index (χ2n) is 7.76. The summed E-state index contributed by atoms with van der Waals surface area (Å²) in [5.41, 5.74) is 9.79. The molecule has 0 unspecified atom stereocenters. The lowest BCUT2D eigenvalue weighted by atomic mass is 10.1. The van der Waals surface area contributed by atoms with E-state index in [1.807, 2.05) is 19.9 Å². The molecule has 5 heteroatoms. The molecule has 0 amide bonds. The smallest absolute Gasteiger partial charge is 0.164 e. The third kappa shape index (κ3) is 5.26. The number of ether oxygens (including phenoxy) is 1. The van der Waals surface area contributed by atoms with Crippen LogP contribution in [0.2, 0.25) is 0 Å². The average molecular weight is 382 g/mol. The van der Waals surface area contributed by atoms with Crippen molar-refractivity contribution in [2.45, 2.75) is 33.3 Å². The lowest BCUT2D eigenvalue weighted by molar-refractivity contribution is 0.0962. The molecule has 0 bridgehead atoms. The fourth-order valence-corrected chi connectivity index (χ4v) is 3.54. The van der Waals surface area contributed by atoms with E-state index in [0.29, 0.717) is 23.4 Å². The number of benzene rings is 2. The van der Waals surface area contributed by atoms with Crippen LogP contribution < -0.4 is 15.4 Å². The van der Waals surface area contributed by atoms with E-state index < -0.39 is 0 Å². The van der Waals surface area contributed by atoms with Gasteiger partial charge < -0.3 is 15.4 Å². The van der Waals surface area contributed by atoms with Crippen LogP contribution in [0.3, 0.4) is 0 Å². The van der Waals surface area contributed by atoms with Crippen LogP contribution in [0.4, 0.5) is 11.4 Å². The van der Waals surface area contributed by atoms with Crippen LogP contribution in [0.15, 0.2) is 42.5 Å². The van der Waals surface area contributed by atoms with Gasteiger partial charge in [0.25, 0.3) is 0 Å². The van der Waals surface area contributed by atoms with Crippen molar-refractivity contribution in [2.75, 3.05) is 43.4 Å².